The first-order valence-electron chi connectivity index (χ1n) is 5.62. The minimum Gasteiger partial charge on any atom is -0.360 e. The lowest BCUT2D eigenvalue weighted by atomic mass is 10.2. The van der Waals surface area contributed by atoms with Crippen molar-refractivity contribution in [2.24, 2.45) is 7.05 Å². The molecular formula is C11H11ClF3N5. The average molecular weight is 306 g/mol. The average Bonchev–Trinajstić information content (AvgIpc) is 2.73. The molecule has 1 N–H and O–H groups in total. The van der Waals surface area contributed by atoms with Crippen molar-refractivity contribution in [2.45, 2.75) is 19.1 Å². The molecule has 2 heterocycles. The fraction of sp³-hybridized carbons (Fsp3) is 0.364. The van der Waals surface area contributed by atoms with Gasteiger partial charge in [-0.3, -0.25) is 0 Å². The van der Waals surface area contributed by atoms with Crippen molar-refractivity contribution in [3.8, 4) is 0 Å². The third-order valence-electron chi connectivity index (χ3n) is 2.62. The van der Waals surface area contributed by atoms with E-state index in [1.807, 2.05) is 0 Å². The predicted octanol–water partition coefficient (Wildman–Crippen LogP) is 3.06. The van der Waals surface area contributed by atoms with Gasteiger partial charge in [-0.1, -0.05) is 11.6 Å². The standard InChI is InChI=1S/C11H11ClF3N5/c1-6(10-19-16-5-20(10)2)17-9-4-7(11(13,14)15)3-8(12)18-9/h3-6H,1-2H3,(H,17,18). The molecule has 0 bridgehead atoms. The molecule has 0 aliphatic carbocycles. The monoisotopic (exact) mass is 305 g/mol. The Morgan fingerprint density at radius 2 is 2.05 bits per heavy atom. The summed E-state index contributed by atoms with van der Waals surface area (Å²) in [7, 11) is 1.74. The predicted molar refractivity (Wildman–Crippen MR) is 67.3 cm³/mol. The molecule has 0 aromatic carbocycles. The van der Waals surface area contributed by atoms with Gasteiger partial charge in [0.1, 0.15) is 17.3 Å². The van der Waals surface area contributed by atoms with Crippen LogP contribution in [0, 0.1) is 0 Å². The van der Waals surface area contributed by atoms with E-state index >= 15 is 0 Å². The van der Waals surface area contributed by atoms with Crippen molar-refractivity contribution in [1.29, 1.82) is 0 Å². The van der Waals surface area contributed by atoms with Crippen LogP contribution in [0.5, 0.6) is 0 Å². The van der Waals surface area contributed by atoms with E-state index in [1.54, 1.807) is 18.5 Å². The normalized spacial score (nSPS) is 13.3. The van der Waals surface area contributed by atoms with Crippen LogP contribution in [0.25, 0.3) is 0 Å². The molecule has 0 fully saturated rings. The number of nitrogens with one attached hydrogen (secondary N) is 1. The van der Waals surface area contributed by atoms with Gasteiger partial charge in [-0.25, -0.2) is 4.98 Å². The number of alkyl halides is 3. The lowest BCUT2D eigenvalue weighted by molar-refractivity contribution is -0.137. The maximum absolute atomic E-state index is 12.7. The zero-order valence-electron chi connectivity index (χ0n) is 10.6. The number of hydrogen-bond acceptors (Lipinski definition) is 4. The van der Waals surface area contributed by atoms with Gasteiger partial charge in [0.25, 0.3) is 0 Å². The zero-order chi connectivity index (χ0) is 14.9. The maximum Gasteiger partial charge on any atom is 0.416 e. The van der Waals surface area contributed by atoms with Crippen molar-refractivity contribution in [3.63, 3.8) is 0 Å². The zero-order valence-corrected chi connectivity index (χ0v) is 11.4. The Hall–Kier alpha value is -1.83. The SMILES string of the molecule is CC(Nc1cc(C(F)(F)F)cc(Cl)n1)c1nncn1C. The summed E-state index contributed by atoms with van der Waals surface area (Å²) >= 11 is 5.61. The van der Waals surface area contributed by atoms with Crippen LogP contribution in [0.4, 0.5) is 19.0 Å². The molecule has 2 aromatic rings. The van der Waals surface area contributed by atoms with Gasteiger partial charge >= 0.3 is 6.18 Å². The van der Waals surface area contributed by atoms with E-state index in [4.69, 9.17) is 11.6 Å². The molecule has 0 radical (unpaired) electrons. The molecule has 0 aliphatic rings. The van der Waals surface area contributed by atoms with E-state index in [0.29, 0.717) is 5.82 Å². The summed E-state index contributed by atoms with van der Waals surface area (Å²) < 4.78 is 39.7. The first-order chi connectivity index (χ1) is 9.27. The van der Waals surface area contributed by atoms with E-state index in [2.05, 4.69) is 20.5 Å². The third-order valence-corrected chi connectivity index (χ3v) is 2.81. The summed E-state index contributed by atoms with van der Waals surface area (Å²) in [5.74, 6) is 0.598. The number of halogens is 4. The molecule has 0 aliphatic heterocycles. The van der Waals surface area contributed by atoms with Gasteiger partial charge in [0, 0.05) is 7.05 Å². The van der Waals surface area contributed by atoms with Crippen molar-refractivity contribution in [1.82, 2.24) is 19.7 Å². The highest BCUT2D eigenvalue weighted by molar-refractivity contribution is 6.29. The number of nitrogens with zero attached hydrogens (tertiary/aromatic N) is 4. The highest BCUT2D eigenvalue weighted by Gasteiger charge is 2.31. The molecule has 0 saturated heterocycles. The number of aryl methyl sites for hydroxylation is 1. The molecule has 1 unspecified atom stereocenters. The minimum atomic E-state index is -4.48. The Balaban J connectivity index is 2.26. The number of pyridine rings is 1. The molecule has 9 heteroatoms. The van der Waals surface area contributed by atoms with Crippen LogP contribution in [0.2, 0.25) is 5.15 Å². The Kier molecular flexibility index (Phi) is 3.85. The fourth-order valence-corrected chi connectivity index (χ4v) is 1.91. The molecule has 0 saturated carbocycles. The van der Waals surface area contributed by atoms with E-state index in [0.717, 1.165) is 12.1 Å². The van der Waals surface area contributed by atoms with Crippen LogP contribution in [0.3, 0.4) is 0 Å². The Bertz CT molecular complexity index is 610. The second-order valence-electron chi connectivity index (χ2n) is 4.23. The first-order valence-corrected chi connectivity index (χ1v) is 6.00. The third kappa shape index (κ3) is 3.19. The highest BCUT2D eigenvalue weighted by atomic mass is 35.5. The topological polar surface area (TPSA) is 55.6 Å². The van der Waals surface area contributed by atoms with Gasteiger partial charge in [0.2, 0.25) is 0 Å². The number of hydrogen-bond donors (Lipinski definition) is 1. The van der Waals surface area contributed by atoms with Crippen molar-refractivity contribution < 1.29 is 13.2 Å². The van der Waals surface area contributed by atoms with E-state index in [-0.39, 0.29) is 17.0 Å². The largest absolute Gasteiger partial charge is 0.416 e. The summed E-state index contributed by atoms with van der Waals surface area (Å²) in [5.41, 5.74) is -0.856. The molecular weight excluding hydrogens is 295 g/mol. The first kappa shape index (κ1) is 14.6. The summed E-state index contributed by atoms with van der Waals surface area (Å²) in [5, 5.41) is 10.2. The van der Waals surface area contributed by atoms with E-state index < -0.39 is 11.7 Å². The molecule has 0 spiro atoms. The lowest BCUT2D eigenvalue weighted by Crippen LogP contribution is -2.14. The smallest absolute Gasteiger partial charge is 0.360 e. The van der Waals surface area contributed by atoms with Crippen LogP contribution in [0.15, 0.2) is 18.5 Å². The van der Waals surface area contributed by atoms with Crippen LogP contribution >= 0.6 is 11.6 Å². The van der Waals surface area contributed by atoms with Crippen LogP contribution in [-0.2, 0) is 13.2 Å². The molecule has 1 atom stereocenters. The second kappa shape index (κ2) is 5.28. The molecule has 0 amide bonds. The van der Waals surface area contributed by atoms with Gasteiger partial charge in [-0.15, -0.1) is 10.2 Å². The maximum atomic E-state index is 12.7. The number of rotatable bonds is 3. The molecule has 20 heavy (non-hydrogen) atoms. The minimum absolute atomic E-state index is 0.0281. The van der Waals surface area contributed by atoms with E-state index in [9.17, 15) is 13.2 Å². The molecule has 2 rings (SSSR count). The summed E-state index contributed by atoms with van der Waals surface area (Å²) in [6.45, 7) is 1.74. The second-order valence-corrected chi connectivity index (χ2v) is 4.61. The van der Waals surface area contributed by atoms with Crippen molar-refractivity contribution >= 4 is 17.4 Å². The summed E-state index contributed by atoms with van der Waals surface area (Å²) in [6.07, 6.45) is -2.98. The fourth-order valence-electron chi connectivity index (χ4n) is 1.71. The Labute approximate surface area is 117 Å². The number of anilines is 1. The Morgan fingerprint density at radius 3 is 2.60 bits per heavy atom. The lowest BCUT2D eigenvalue weighted by Gasteiger charge is -2.15. The highest BCUT2D eigenvalue weighted by Crippen LogP contribution is 2.32. The Morgan fingerprint density at radius 1 is 1.35 bits per heavy atom. The van der Waals surface area contributed by atoms with Gasteiger partial charge in [0.05, 0.1) is 11.6 Å². The van der Waals surface area contributed by atoms with Crippen molar-refractivity contribution in [2.75, 3.05) is 5.32 Å². The quantitative estimate of drug-likeness (QED) is 0.886. The van der Waals surface area contributed by atoms with Gasteiger partial charge in [-0.2, -0.15) is 13.2 Å². The molecule has 5 nitrogen and oxygen atoms in total. The van der Waals surface area contributed by atoms with Gasteiger partial charge < -0.3 is 9.88 Å². The van der Waals surface area contributed by atoms with Crippen LogP contribution in [-0.4, -0.2) is 19.7 Å². The summed E-state index contributed by atoms with van der Waals surface area (Å²) in [4.78, 5) is 3.82. The summed E-state index contributed by atoms with van der Waals surface area (Å²) in [6, 6.07) is 1.31. The van der Waals surface area contributed by atoms with Crippen LogP contribution in [0.1, 0.15) is 24.4 Å². The van der Waals surface area contributed by atoms with Gasteiger partial charge in [0.15, 0.2) is 5.82 Å². The van der Waals surface area contributed by atoms with Crippen molar-refractivity contribution in [3.05, 3.63) is 35.0 Å². The molecule has 2 aromatic heterocycles. The molecule has 108 valence electrons. The number of aromatic nitrogens is 4. The van der Waals surface area contributed by atoms with E-state index in [1.165, 1.54) is 6.33 Å². The van der Waals surface area contributed by atoms with Gasteiger partial charge in [-0.05, 0) is 19.1 Å². The van der Waals surface area contributed by atoms with Crippen LogP contribution < -0.4 is 5.32 Å².